The summed E-state index contributed by atoms with van der Waals surface area (Å²) in [7, 11) is -5.66. The number of amides is 1. The summed E-state index contributed by atoms with van der Waals surface area (Å²) in [6.07, 6.45) is 3.30. The molecule has 1 saturated heterocycles. The third kappa shape index (κ3) is 7.86. The van der Waals surface area contributed by atoms with Crippen molar-refractivity contribution in [2.45, 2.75) is 29.9 Å². The van der Waals surface area contributed by atoms with Gasteiger partial charge in [0.05, 0.1) is 11.5 Å². The third-order valence-electron chi connectivity index (χ3n) is 6.06. The van der Waals surface area contributed by atoms with Gasteiger partial charge in [-0.3, -0.25) is 9.36 Å². The van der Waals surface area contributed by atoms with Crippen molar-refractivity contribution in [3.8, 4) is 5.75 Å². The molecular formula is C24H34N3O7PS. The van der Waals surface area contributed by atoms with Crippen LogP contribution in [0, 0.1) is 5.92 Å². The maximum absolute atomic E-state index is 13.0. The van der Waals surface area contributed by atoms with E-state index >= 15 is 0 Å². The maximum atomic E-state index is 13.0. The van der Waals surface area contributed by atoms with Gasteiger partial charge in [0.25, 0.3) is 5.91 Å². The summed E-state index contributed by atoms with van der Waals surface area (Å²) >= 11 is 0. The van der Waals surface area contributed by atoms with E-state index in [0.717, 1.165) is 46.6 Å². The van der Waals surface area contributed by atoms with Crippen LogP contribution >= 0.6 is 7.60 Å². The van der Waals surface area contributed by atoms with Crippen molar-refractivity contribution in [2.24, 2.45) is 5.92 Å². The first kappa shape index (κ1) is 28.3. The first-order valence-electron chi connectivity index (χ1n) is 11.8. The Morgan fingerprint density at radius 1 is 1.06 bits per heavy atom. The second-order valence-corrected chi connectivity index (χ2v) is 12.6. The van der Waals surface area contributed by atoms with Gasteiger partial charge in [-0.05, 0) is 74.7 Å². The number of rotatable bonds is 13. The highest BCUT2D eigenvalue weighted by Gasteiger charge is 2.38. The minimum atomic E-state index is -4.05. The van der Waals surface area contributed by atoms with Crippen LogP contribution in [0.2, 0.25) is 0 Å². The molecule has 0 bridgehead atoms. The van der Waals surface area contributed by atoms with E-state index in [1.165, 1.54) is 12.1 Å². The molecule has 1 amide bonds. The first-order chi connectivity index (χ1) is 17.3. The number of carbonyl (C=O) groups excluding carboxylic acids is 1. The summed E-state index contributed by atoms with van der Waals surface area (Å²) in [4.78, 5) is 12.7. The monoisotopic (exact) mass is 539 g/mol. The molecule has 0 aromatic heterocycles. The molecule has 12 heteroatoms. The zero-order valence-electron chi connectivity index (χ0n) is 20.5. The Kier molecular flexibility index (Phi) is 10.5. The number of carbonyl (C=O) groups is 1. The minimum Gasteiger partial charge on any atom is -0.494 e. The Labute approximate surface area is 212 Å². The fourth-order valence-corrected chi connectivity index (χ4v) is 6.90. The van der Waals surface area contributed by atoms with Gasteiger partial charge in [0.1, 0.15) is 11.5 Å². The van der Waals surface area contributed by atoms with Crippen LogP contribution in [-0.4, -0.2) is 60.6 Å². The highest BCUT2D eigenvalue weighted by molar-refractivity contribution is 7.89. The lowest BCUT2D eigenvalue weighted by Crippen LogP contribution is -2.44. The first-order valence-corrected chi connectivity index (χ1v) is 14.9. The summed E-state index contributed by atoms with van der Waals surface area (Å²) in [5.41, 5.74) is 0.343. The lowest BCUT2D eigenvalue weighted by atomic mass is 9.95. The van der Waals surface area contributed by atoms with Crippen molar-refractivity contribution in [1.82, 2.24) is 15.4 Å². The van der Waals surface area contributed by atoms with E-state index < -0.39 is 29.3 Å². The SMILES string of the molecule is COP(=O)(OC)[C@H](CNC(=O)c1ccc(OCCC2CCNCC2)cc1)NS(=O)(=O)c1ccccc1. The molecule has 0 unspecified atom stereocenters. The number of hydrogen-bond acceptors (Lipinski definition) is 8. The maximum Gasteiger partial charge on any atom is 0.349 e. The molecule has 0 radical (unpaired) electrons. The Bertz CT molecular complexity index is 1120. The fraction of sp³-hybridized carbons (Fsp3) is 0.458. The van der Waals surface area contributed by atoms with Crippen LogP contribution in [0.4, 0.5) is 0 Å². The molecule has 10 nitrogen and oxygen atoms in total. The lowest BCUT2D eigenvalue weighted by Gasteiger charge is -2.25. The molecule has 36 heavy (non-hydrogen) atoms. The predicted octanol–water partition coefficient (Wildman–Crippen LogP) is 2.98. The van der Waals surface area contributed by atoms with Gasteiger partial charge in [0.15, 0.2) is 0 Å². The van der Waals surface area contributed by atoms with Crippen molar-refractivity contribution in [3.63, 3.8) is 0 Å². The molecule has 2 aromatic carbocycles. The molecule has 1 aliphatic rings. The van der Waals surface area contributed by atoms with Gasteiger partial charge in [0, 0.05) is 26.3 Å². The van der Waals surface area contributed by atoms with Crippen molar-refractivity contribution in [3.05, 3.63) is 60.2 Å². The van der Waals surface area contributed by atoms with Gasteiger partial charge in [-0.1, -0.05) is 18.2 Å². The Hall–Kier alpha value is -2.27. The van der Waals surface area contributed by atoms with Gasteiger partial charge >= 0.3 is 7.60 Å². The van der Waals surface area contributed by atoms with E-state index in [-0.39, 0.29) is 11.4 Å². The highest BCUT2D eigenvalue weighted by Crippen LogP contribution is 2.50. The third-order valence-corrected chi connectivity index (χ3v) is 9.82. The van der Waals surface area contributed by atoms with Crippen LogP contribution in [0.1, 0.15) is 29.6 Å². The van der Waals surface area contributed by atoms with Gasteiger partial charge in [-0.25, -0.2) is 8.42 Å². The average molecular weight is 540 g/mol. The topological polar surface area (TPSA) is 132 Å². The lowest BCUT2D eigenvalue weighted by molar-refractivity contribution is 0.0952. The van der Waals surface area contributed by atoms with Crippen LogP contribution in [0.25, 0.3) is 0 Å². The molecule has 0 saturated carbocycles. The van der Waals surface area contributed by atoms with Crippen LogP contribution in [0.15, 0.2) is 59.5 Å². The number of hydrogen-bond donors (Lipinski definition) is 3. The Morgan fingerprint density at radius 3 is 2.31 bits per heavy atom. The molecule has 1 aliphatic heterocycles. The van der Waals surface area contributed by atoms with Crippen molar-refractivity contribution < 1.29 is 31.6 Å². The summed E-state index contributed by atoms with van der Waals surface area (Å²) in [6.45, 7) is 2.39. The van der Waals surface area contributed by atoms with Gasteiger partial charge in [0.2, 0.25) is 10.0 Å². The molecule has 2 aromatic rings. The molecule has 1 heterocycles. The van der Waals surface area contributed by atoms with Crippen LogP contribution in [0.5, 0.6) is 5.75 Å². The molecule has 3 N–H and O–H groups in total. The predicted molar refractivity (Wildman–Crippen MR) is 137 cm³/mol. The average Bonchev–Trinajstić information content (AvgIpc) is 2.92. The molecule has 0 aliphatic carbocycles. The molecule has 1 fully saturated rings. The van der Waals surface area contributed by atoms with Crippen LogP contribution in [0.3, 0.4) is 0 Å². The largest absolute Gasteiger partial charge is 0.494 e. The van der Waals surface area contributed by atoms with Crippen LogP contribution < -0.4 is 20.1 Å². The number of benzene rings is 2. The molecule has 1 atom stereocenters. The van der Waals surface area contributed by atoms with Crippen LogP contribution in [-0.2, 0) is 23.6 Å². The van der Waals surface area contributed by atoms with Crippen molar-refractivity contribution in [1.29, 1.82) is 0 Å². The summed E-state index contributed by atoms with van der Waals surface area (Å²) in [5.74, 6) is -0.492. The molecule has 198 valence electrons. The Morgan fingerprint density at radius 2 is 1.69 bits per heavy atom. The number of ether oxygens (including phenoxy) is 1. The second-order valence-electron chi connectivity index (χ2n) is 8.42. The molecule has 0 spiro atoms. The van der Waals surface area contributed by atoms with E-state index in [9.17, 15) is 17.8 Å². The van der Waals surface area contributed by atoms with Gasteiger partial charge in [-0.15, -0.1) is 0 Å². The number of piperidine rings is 1. The molecular weight excluding hydrogens is 505 g/mol. The summed E-state index contributed by atoms with van der Waals surface area (Å²) < 4.78 is 56.8. The van der Waals surface area contributed by atoms with E-state index in [1.54, 1.807) is 42.5 Å². The second kappa shape index (κ2) is 13.3. The summed E-state index contributed by atoms with van der Waals surface area (Å²) in [6, 6.07) is 14.3. The van der Waals surface area contributed by atoms with Crippen molar-refractivity contribution in [2.75, 3.05) is 40.5 Å². The van der Waals surface area contributed by atoms with Gasteiger partial charge < -0.3 is 24.4 Å². The fourth-order valence-electron chi connectivity index (χ4n) is 3.90. The van der Waals surface area contributed by atoms with E-state index in [2.05, 4.69) is 15.4 Å². The Balaban J connectivity index is 1.59. The quantitative estimate of drug-likeness (QED) is 0.331. The zero-order chi connectivity index (χ0) is 26.0. The standard InChI is InChI=1S/C24H34N3O7PS/c1-32-35(29,33-2)23(27-36(30,31)22-6-4-3-5-7-22)18-26-24(28)20-8-10-21(11-9-20)34-17-14-19-12-15-25-16-13-19/h3-11,19,23,25,27H,12-18H2,1-2H3,(H,26,28)/t23-/m1/s1. The normalized spacial score (nSPS) is 15.8. The zero-order valence-corrected chi connectivity index (χ0v) is 22.2. The van der Waals surface area contributed by atoms with Crippen molar-refractivity contribution >= 4 is 23.5 Å². The van der Waals surface area contributed by atoms with E-state index in [0.29, 0.717) is 23.8 Å². The summed E-state index contributed by atoms with van der Waals surface area (Å²) in [5, 5.41) is 5.96. The molecule has 3 rings (SSSR count). The number of sulfonamides is 1. The van der Waals surface area contributed by atoms with E-state index in [4.69, 9.17) is 13.8 Å². The smallest absolute Gasteiger partial charge is 0.349 e. The number of nitrogens with one attached hydrogen (secondary N) is 3. The minimum absolute atomic E-state index is 0.0178. The van der Waals surface area contributed by atoms with Gasteiger partial charge in [-0.2, -0.15) is 4.72 Å². The van der Waals surface area contributed by atoms with E-state index in [1.807, 2.05) is 0 Å². The highest BCUT2D eigenvalue weighted by atomic mass is 32.2.